The van der Waals surface area contributed by atoms with E-state index < -0.39 is 0 Å². The van der Waals surface area contributed by atoms with E-state index >= 15 is 0 Å². The van der Waals surface area contributed by atoms with Crippen molar-refractivity contribution in [3.05, 3.63) is 5.89 Å². The van der Waals surface area contributed by atoms with E-state index in [1.54, 1.807) is 0 Å². The third-order valence-electron chi connectivity index (χ3n) is 2.46. The zero-order valence-corrected chi connectivity index (χ0v) is 9.66. The Kier molecular flexibility index (Phi) is 4.55. The Labute approximate surface area is 90.4 Å². The van der Waals surface area contributed by atoms with E-state index in [1.165, 1.54) is 6.42 Å². The molecule has 0 fully saturated rings. The fraction of sp³-hybridized carbons (Fsp3) is 0.800. The molecule has 2 atom stereocenters. The maximum atomic E-state index is 5.37. The van der Waals surface area contributed by atoms with Gasteiger partial charge in [-0.1, -0.05) is 25.4 Å². The van der Waals surface area contributed by atoms with Crippen molar-refractivity contribution in [2.75, 3.05) is 5.32 Å². The van der Waals surface area contributed by atoms with E-state index in [0.717, 1.165) is 6.42 Å². The van der Waals surface area contributed by atoms with Crippen LogP contribution >= 0.6 is 0 Å². The van der Waals surface area contributed by atoms with E-state index in [9.17, 15) is 0 Å². The van der Waals surface area contributed by atoms with Gasteiger partial charge in [-0.25, -0.2) is 0 Å². The van der Waals surface area contributed by atoms with Crippen LogP contribution in [-0.2, 0) is 6.54 Å². The molecular weight excluding hydrogens is 192 g/mol. The lowest BCUT2D eigenvalue weighted by molar-refractivity contribution is 0.462. The maximum absolute atomic E-state index is 5.37. The van der Waals surface area contributed by atoms with Gasteiger partial charge in [0.05, 0.1) is 6.54 Å². The highest BCUT2D eigenvalue weighted by Crippen LogP contribution is 2.13. The Morgan fingerprint density at radius 2 is 2.13 bits per heavy atom. The Hall–Kier alpha value is -1.10. The summed E-state index contributed by atoms with van der Waals surface area (Å²) in [5.74, 6) is 1.16. The minimum atomic E-state index is 0.286. The Balaban J connectivity index is 2.40. The summed E-state index contributed by atoms with van der Waals surface area (Å²) in [6.45, 7) is 6.82. The van der Waals surface area contributed by atoms with E-state index in [1.807, 2.05) is 0 Å². The highest BCUT2D eigenvalue weighted by Gasteiger charge is 2.10. The molecule has 0 saturated heterocycles. The second-order valence-electron chi connectivity index (χ2n) is 4.00. The normalized spacial score (nSPS) is 14.9. The molecule has 0 aliphatic carbocycles. The summed E-state index contributed by atoms with van der Waals surface area (Å²) in [6.07, 6.45) is 2.28. The molecule has 0 aliphatic rings. The highest BCUT2D eigenvalue weighted by molar-refractivity contribution is 5.18. The molecule has 0 bridgehead atoms. The van der Waals surface area contributed by atoms with Gasteiger partial charge in [-0.05, 0) is 19.3 Å². The van der Waals surface area contributed by atoms with Crippen molar-refractivity contribution in [1.82, 2.24) is 10.2 Å². The van der Waals surface area contributed by atoms with Crippen LogP contribution in [0.25, 0.3) is 0 Å². The molecule has 1 aromatic rings. The molecule has 15 heavy (non-hydrogen) atoms. The average molecular weight is 212 g/mol. The van der Waals surface area contributed by atoms with Crippen LogP contribution in [0.15, 0.2) is 4.42 Å². The number of nitrogens with zero attached hydrogens (tertiary/aromatic N) is 2. The molecule has 1 aromatic heterocycles. The van der Waals surface area contributed by atoms with Gasteiger partial charge in [-0.15, -0.1) is 5.10 Å². The topological polar surface area (TPSA) is 77.0 Å². The molecule has 0 amide bonds. The average Bonchev–Trinajstić information content (AvgIpc) is 2.65. The second-order valence-corrected chi connectivity index (χ2v) is 4.00. The minimum Gasteiger partial charge on any atom is -0.407 e. The highest BCUT2D eigenvalue weighted by atomic mass is 16.4. The van der Waals surface area contributed by atoms with Gasteiger partial charge in [0.2, 0.25) is 5.89 Å². The van der Waals surface area contributed by atoms with Crippen molar-refractivity contribution in [2.24, 2.45) is 11.7 Å². The van der Waals surface area contributed by atoms with E-state index in [4.69, 9.17) is 10.2 Å². The molecule has 1 rings (SSSR count). The summed E-state index contributed by atoms with van der Waals surface area (Å²) in [5, 5.41) is 10.8. The van der Waals surface area contributed by atoms with Gasteiger partial charge < -0.3 is 15.5 Å². The van der Waals surface area contributed by atoms with Gasteiger partial charge in [0.25, 0.3) is 0 Å². The van der Waals surface area contributed by atoms with Gasteiger partial charge in [0, 0.05) is 6.04 Å². The van der Waals surface area contributed by atoms with Crippen molar-refractivity contribution in [3.8, 4) is 0 Å². The summed E-state index contributed by atoms with van der Waals surface area (Å²) in [7, 11) is 0. The monoisotopic (exact) mass is 212 g/mol. The van der Waals surface area contributed by atoms with Gasteiger partial charge in [-0.2, -0.15) is 0 Å². The number of aromatic nitrogens is 2. The molecule has 2 unspecified atom stereocenters. The lowest BCUT2D eigenvalue weighted by Crippen LogP contribution is -2.18. The smallest absolute Gasteiger partial charge is 0.315 e. The molecule has 5 heteroatoms. The van der Waals surface area contributed by atoms with Crippen molar-refractivity contribution in [1.29, 1.82) is 0 Å². The standard InChI is InChI=1S/C10H20N4O/c1-4-7(2)5-8(3)12-10-14-13-9(6-11)15-10/h7-8H,4-6,11H2,1-3H3,(H,12,14). The van der Waals surface area contributed by atoms with Gasteiger partial charge in [0.1, 0.15) is 0 Å². The first-order valence-electron chi connectivity index (χ1n) is 5.44. The van der Waals surface area contributed by atoms with E-state index in [2.05, 4.69) is 36.3 Å². The van der Waals surface area contributed by atoms with Crippen molar-refractivity contribution >= 4 is 6.01 Å². The molecule has 5 nitrogen and oxygen atoms in total. The van der Waals surface area contributed by atoms with E-state index in [-0.39, 0.29) is 6.54 Å². The predicted octanol–water partition coefficient (Wildman–Crippen LogP) is 1.76. The first-order chi connectivity index (χ1) is 7.15. The number of nitrogens with two attached hydrogens (primary N) is 1. The Bertz CT molecular complexity index is 287. The quantitative estimate of drug-likeness (QED) is 0.751. The predicted molar refractivity (Wildman–Crippen MR) is 59.3 cm³/mol. The molecule has 0 aromatic carbocycles. The van der Waals surface area contributed by atoms with Gasteiger partial charge in [-0.3, -0.25) is 0 Å². The summed E-state index contributed by atoms with van der Waals surface area (Å²) in [6, 6.07) is 0.803. The molecule has 0 saturated carbocycles. The van der Waals surface area contributed by atoms with Crippen LogP contribution in [0.5, 0.6) is 0 Å². The number of rotatable bonds is 6. The van der Waals surface area contributed by atoms with Crippen molar-refractivity contribution < 1.29 is 4.42 Å². The first kappa shape index (κ1) is 12.0. The molecule has 3 N–H and O–H groups in total. The molecule has 1 heterocycles. The van der Waals surface area contributed by atoms with Crippen molar-refractivity contribution in [2.45, 2.75) is 46.2 Å². The fourth-order valence-electron chi connectivity index (χ4n) is 1.43. The van der Waals surface area contributed by atoms with Crippen LogP contribution in [0.2, 0.25) is 0 Å². The number of hydrogen-bond donors (Lipinski definition) is 2. The zero-order valence-electron chi connectivity index (χ0n) is 9.66. The maximum Gasteiger partial charge on any atom is 0.315 e. The molecule has 0 radical (unpaired) electrons. The van der Waals surface area contributed by atoms with Crippen LogP contribution < -0.4 is 11.1 Å². The van der Waals surface area contributed by atoms with Crippen LogP contribution in [-0.4, -0.2) is 16.2 Å². The summed E-state index contributed by atoms with van der Waals surface area (Å²) in [4.78, 5) is 0. The number of anilines is 1. The fourth-order valence-corrected chi connectivity index (χ4v) is 1.43. The van der Waals surface area contributed by atoms with Crippen LogP contribution in [0, 0.1) is 5.92 Å². The van der Waals surface area contributed by atoms with Gasteiger partial charge >= 0.3 is 6.01 Å². The number of nitrogens with one attached hydrogen (secondary N) is 1. The first-order valence-corrected chi connectivity index (χ1v) is 5.44. The molecule has 0 aliphatic heterocycles. The SMILES string of the molecule is CCC(C)CC(C)Nc1nnc(CN)o1. The molecule has 86 valence electrons. The van der Waals surface area contributed by atoms with Crippen molar-refractivity contribution in [3.63, 3.8) is 0 Å². The lowest BCUT2D eigenvalue weighted by Gasteiger charge is -2.15. The lowest BCUT2D eigenvalue weighted by atomic mass is 10.0. The summed E-state index contributed by atoms with van der Waals surface area (Å²) in [5.41, 5.74) is 5.37. The van der Waals surface area contributed by atoms with Gasteiger partial charge in [0.15, 0.2) is 0 Å². The molecule has 0 spiro atoms. The minimum absolute atomic E-state index is 0.286. The Morgan fingerprint density at radius 1 is 1.40 bits per heavy atom. The summed E-state index contributed by atoms with van der Waals surface area (Å²) >= 11 is 0. The third kappa shape index (κ3) is 3.87. The second kappa shape index (κ2) is 5.70. The third-order valence-corrected chi connectivity index (χ3v) is 2.46. The van der Waals surface area contributed by atoms with Crippen LogP contribution in [0.1, 0.15) is 39.5 Å². The van der Waals surface area contributed by atoms with E-state index in [0.29, 0.717) is 23.9 Å². The number of hydrogen-bond acceptors (Lipinski definition) is 5. The Morgan fingerprint density at radius 3 is 2.67 bits per heavy atom. The summed E-state index contributed by atoms with van der Waals surface area (Å²) < 4.78 is 5.26. The van der Waals surface area contributed by atoms with Crippen LogP contribution in [0.3, 0.4) is 0 Å². The molecular formula is C10H20N4O. The van der Waals surface area contributed by atoms with Crippen LogP contribution in [0.4, 0.5) is 6.01 Å². The zero-order chi connectivity index (χ0) is 11.3. The largest absolute Gasteiger partial charge is 0.407 e.